The second-order valence-electron chi connectivity index (χ2n) is 7.87. The Kier molecular flexibility index (Phi) is 7.70. The molecule has 1 aromatic heterocycles. The van der Waals surface area contributed by atoms with Gasteiger partial charge in [-0.25, -0.2) is 5.43 Å². The van der Waals surface area contributed by atoms with Gasteiger partial charge in [0.1, 0.15) is 0 Å². The lowest BCUT2D eigenvalue weighted by Crippen LogP contribution is -2.32. The van der Waals surface area contributed by atoms with E-state index >= 15 is 0 Å². The first-order chi connectivity index (χ1) is 17.0. The molecule has 0 aliphatic carbocycles. The van der Waals surface area contributed by atoms with Gasteiger partial charge in [-0.05, 0) is 66.1 Å². The van der Waals surface area contributed by atoms with Crippen molar-refractivity contribution in [1.82, 2.24) is 10.4 Å². The summed E-state index contributed by atoms with van der Waals surface area (Å²) >= 11 is 6.05. The summed E-state index contributed by atoms with van der Waals surface area (Å²) in [6, 6.07) is 22.3. The summed E-state index contributed by atoms with van der Waals surface area (Å²) in [6.07, 6.45) is 5.30. The van der Waals surface area contributed by atoms with Crippen LogP contribution in [0.15, 0.2) is 84.1 Å². The van der Waals surface area contributed by atoms with Gasteiger partial charge in [0.05, 0.1) is 11.7 Å². The molecule has 8 heteroatoms. The summed E-state index contributed by atoms with van der Waals surface area (Å²) in [5.74, 6) is -1.66. The number of nitrogens with one attached hydrogen (secondary N) is 3. The molecule has 0 unspecified atom stereocenters. The maximum Gasteiger partial charge on any atom is 0.329 e. The van der Waals surface area contributed by atoms with Gasteiger partial charge >= 0.3 is 11.8 Å². The van der Waals surface area contributed by atoms with Crippen LogP contribution in [0, 0.1) is 0 Å². The number of hydrogen-bond acceptors (Lipinski definition) is 5. The van der Waals surface area contributed by atoms with Crippen molar-refractivity contribution in [2.24, 2.45) is 5.10 Å². The van der Waals surface area contributed by atoms with E-state index in [1.54, 1.807) is 36.5 Å². The van der Waals surface area contributed by atoms with E-state index < -0.39 is 11.8 Å². The fraction of sp³-hybridized carbons (Fsp3) is 0.111. The Balaban J connectivity index is 1.32. The summed E-state index contributed by atoms with van der Waals surface area (Å²) in [4.78, 5) is 28.6. The van der Waals surface area contributed by atoms with Gasteiger partial charge in [0.25, 0.3) is 0 Å². The predicted octanol–water partition coefficient (Wildman–Crippen LogP) is 5.67. The van der Waals surface area contributed by atoms with Crippen LogP contribution in [-0.4, -0.2) is 23.0 Å². The quantitative estimate of drug-likeness (QED) is 0.178. The lowest BCUT2D eigenvalue weighted by atomic mass is 10.1. The molecule has 2 amide bonds. The molecular weight excluding hydrogens is 462 g/mol. The number of halogens is 1. The SMILES string of the molecule is CCCc1ccc(/C=N/NC(=O)C(=O)Nc2ccc(Nc3ccnc4cc(Cl)ccc34)cc2)cc1. The number of rotatable bonds is 7. The molecule has 4 rings (SSSR count). The lowest BCUT2D eigenvalue weighted by Gasteiger charge is -2.11. The summed E-state index contributed by atoms with van der Waals surface area (Å²) in [5.41, 5.74) is 7.28. The first-order valence-corrected chi connectivity index (χ1v) is 11.5. The minimum atomic E-state index is -0.854. The van der Waals surface area contributed by atoms with Gasteiger partial charge in [-0.3, -0.25) is 14.6 Å². The maximum absolute atomic E-state index is 12.2. The average Bonchev–Trinajstić information content (AvgIpc) is 2.86. The molecule has 0 radical (unpaired) electrons. The Morgan fingerprint density at radius 3 is 2.43 bits per heavy atom. The first kappa shape index (κ1) is 23.9. The van der Waals surface area contributed by atoms with Crippen LogP contribution in [0.4, 0.5) is 17.1 Å². The van der Waals surface area contributed by atoms with Crippen molar-refractivity contribution in [1.29, 1.82) is 0 Å². The van der Waals surface area contributed by atoms with Gasteiger partial charge in [0.15, 0.2) is 0 Å². The Morgan fingerprint density at radius 1 is 0.943 bits per heavy atom. The number of carbonyl (C=O) groups is 2. The number of hydrogen-bond donors (Lipinski definition) is 3. The number of aryl methyl sites for hydroxylation is 1. The minimum Gasteiger partial charge on any atom is -0.355 e. The fourth-order valence-corrected chi connectivity index (χ4v) is 3.65. The van der Waals surface area contributed by atoms with Gasteiger partial charge in [-0.1, -0.05) is 49.2 Å². The number of benzene rings is 3. The molecule has 0 aliphatic rings. The van der Waals surface area contributed by atoms with E-state index in [-0.39, 0.29) is 0 Å². The molecule has 176 valence electrons. The zero-order valence-electron chi connectivity index (χ0n) is 19.1. The van der Waals surface area contributed by atoms with E-state index in [0.717, 1.165) is 40.7 Å². The van der Waals surface area contributed by atoms with Crippen molar-refractivity contribution in [3.63, 3.8) is 0 Å². The smallest absolute Gasteiger partial charge is 0.329 e. The van der Waals surface area contributed by atoms with Gasteiger partial charge in [-0.2, -0.15) is 5.10 Å². The van der Waals surface area contributed by atoms with Crippen LogP contribution in [0.1, 0.15) is 24.5 Å². The van der Waals surface area contributed by atoms with Gasteiger partial charge in [0, 0.05) is 33.7 Å². The Bertz CT molecular complexity index is 1370. The van der Waals surface area contributed by atoms with E-state index in [4.69, 9.17) is 11.6 Å². The van der Waals surface area contributed by atoms with Crippen molar-refractivity contribution in [3.05, 3.63) is 95.1 Å². The van der Waals surface area contributed by atoms with Crippen molar-refractivity contribution < 1.29 is 9.59 Å². The Morgan fingerprint density at radius 2 is 1.69 bits per heavy atom. The second-order valence-corrected chi connectivity index (χ2v) is 8.30. The van der Waals surface area contributed by atoms with Crippen molar-refractivity contribution in [2.75, 3.05) is 10.6 Å². The highest BCUT2D eigenvalue weighted by Crippen LogP contribution is 2.27. The highest BCUT2D eigenvalue weighted by atomic mass is 35.5. The lowest BCUT2D eigenvalue weighted by molar-refractivity contribution is -0.136. The fourth-order valence-electron chi connectivity index (χ4n) is 3.49. The molecule has 4 aromatic rings. The van der Waals surface area contributed by atoms with Gasteiger partial charge in [-0.15, -0.1) is 0 Å². The molecule has 0 bridgehead atoms. The third kappa shape index (κ3) is 6.43. The maximum atomic E-state index is 12.2. The second kappa shape index (κ2) is 11.3. The number of pyridine rings is 1. The van der Waals surface area contributed by atoms with Crippen molar-refractivity contribution in [3.8, 4) is 0 Å². The summed E-state index contributed by atoms with van der Waals surface area (Å²) in [7, 11) is 0. The molecule has 35 heavy (non-hydrogen) atoms. The van der Waals surface area contributed by atoms with E-state index in [9.17, 15) is 9.59 Å². The number of carbonyl (C=O) groups excluding carboxylic acids is 2. The molecular formula is C27H24ClN5O2. The molecule has 7 nitrogen and oxygen atoms in total. The van der Waals surface area contributed by atoms with E-state index in [1.807, 2.05) is 42.5 Å². The highest BCUT2D eigenvalue weighted by Gasteiger charge is 2.13. The topological polar surface area (TPSA) is 95.5 Å². The van der Waals surface area contributed by atoms with Crippen molar-refractivity contribution in [2.45, 2.75) is 19.8 Å². The zero-order chi connectivity index (χ0) is 24.6. The first-order valence-electron chi connectivity index (χ1n) is 11.2. The number of nitrogens with zero attached hydrogens (tertiary/aromatic N) is 2. The molecule has 0 fully saturated rings. The number of anilines is 3. The standard InChI is InChI=1S/C27H24ClN5O2/c1-2-3-18-4-6-19(7-5-18)17-30-33-27(35)26(34)32-22-11-9-21(10-12-22)31-24-14-15-29-25-16-20(28)8-13-23(24)25/h4-17H,2-3H2,1H3,(H,29,31)(H,32,34)(H,33,35)/b30-17+. The third-order valence-electron chi connectivity index (χ3n) is 5.23. The number of amides is 2. The van der Waals surface area contributed by atoms with E-state index in [0.29, 0.717) is 10.7 Å². The molecule has 0 aliphatic heterocycles. The van der Waals surface area contributed by atoms with Gasteiger partial charge < -0.3 is 10.6 Å². The normalized spacial score (nSPS) is 10.9. The van der Waals surface area contributed by atoms with Crippen molar-refractivity contribution >= 4 is 57.6 Å². The molecule has 0 atom stereocenters. The molecule has 0 spiro atoms. The van der Waals surface area contributed by atoms with Gasteiger partial charge in [0.2, 0.25) is 0 Å². The predicted molar refractivity (Wildman–Crippen MR) is 141 cm³/mol. The Labute approximate surface area is 208 Å². The monoisotopic (exact) mass is 485 g/mol. The number of hydrazone groups is 1. The molecule has 3 aromatic carbocycles. The third-order valence-corrected chi connectivity index (χ3v) is 5.47. The van der Waals surface area contributed by atoms with Crippen LogP contribution in [0.3, 0.4) is 0 Å². The average molecular weight is 486 g/mol. The highest BCUT2D eigenvalue weighted by molar-refractivity contribution is 6.39. The summed E-state index contributed by atoms with van der Waals surface area (Å²) in [5, 5.41) is 11.3. The number of fused-ring (bicyclic) bond motifs is 1. The molecule has 1 heterocycles. The van der Waals surface area contributed by atoms with E-state index in [2.05, 4.69) is 33.1 Å². The Hall–Kier alpha value is -4.23. The van der Waals surface area contributed by atoms with Crippen LogP contribution >= 0.6 is 11.6 Å². The van der Waals surface area contributed by atoms with Crippen LogP contribution < -0.4 is 16.1 Å². The molecule has 0 saturated carbocycles. The largest absolute Gasteiger partial charge is 0.355 e. The van der Waals surface area contributed by atoms with Crippen LogP contribution in [0.25, 0.3) is 10.9 Å². The zero-order valence-corrected chi connectivity index (χ0v) is 19.8. The molecule has 3 N–H and O–H groups in total. The summed E-state index contributed by atoms with van der Waals surface area (Å²) < 4.78 is 0. The van der Waals surface area contributed by atoms with Crippen LogP contribution in [0.2, 0.25) is 5.02 Å². The van der Waals surface area contributed by atoms with E-state index in [1.165, 1.54) is 11.8 Å². The molecule has 0 saturated heterocycles. The number of aromatic nitrogens is 1. The van der Waals surface area contributed by atoms with Crippen LogP contribution in [-0.2, 0) is 16.0 Å². The summed E-state index contributed by atoms with van der Waals surface area (Å²) in [6.45, 7) is 2.13. The van der Waals surface area contributed by atoms with Crippen LogP contribution in [0.5, 0.6) is 0 Å². The minimum absolute atomic E-state index is 0.484.